The molecule has 2 heterocycles. The van der Waals surface area contributed by atoms with Crippen LogP contribution in [0.1, 0.15) is 32.6 Å². The number of urea groups is 1. The number of imide groups is 1. The molecule has 11 heteroatoms. The monoisotopic (exact) mass is 410 g/mol. The molecule has 0 radical (unpaired) electrons. The summed E-state index contributed by atoms with van der Waals surface area (Å²) in [5.74, 6) is -0.288. The first-order valence-corrected chi connectivity index (χ1v) is 9.50. The molecule has 0 unspecified atom stereocenters. The van der Waals surface area contributed by atoms with E-state index in [4.69, 9.17) is 11.6 Å². The van der Waals surface area contributed by atoms with Crippen LogP contribution in [0.2, 0.25) is 5.28 Å². The average molecular weight is 411 g/mol. The van der Waals surface area contributed by atoms with Crippen molar-refractivity contribution < 1.29 is 9.59 Å². The Morgan fingerprint density at radius 3 is 2.54 bits per heavy atom. The summed E-state index contributed by atoms with van der Waals surface area (Å²) in [6, 6.07) is -0.550. The predicted molar refractivity (Wildman–Crippen MR) is 103 cm³/mol. The number of aromatic nitrogens is 4. The van der Waals surface area contributed by atoms with Crippen molar-refractivity contribution in [1.29, 1.82) is 0 Å². The zero-order valence-electron chi connectivity index (χ0n) is 16.0. The smallest absolute Gasteiger partial charge is 0.332 e. The molecule has 1 fully saturated rings. The number of nitrogens with zero attached hydrogens (tertiary/aromatic N) is 4. The summed E-state index contributed by atoms with van der Waals surface area (Å²) in [6.45, 7) is 1.69. The molecule has 3 amide bonds. The molecule has 1 aliphatic rings. The number of fused-ring (bicyclic) bond motifs is 1. The maximum atomic E-state index is 12.5. The number of nitrogens with one attached hydrogen (secondary N) is 2. The first-order chi connectivity index (χ1) is 13.2. The van der Waals surface area contributed by atoms with E-state index in [0.29, 0.717) is 5.92 Å². The highest BCUT2D eigenvalue weighted by Crippen LogP contribution is 2.23. The fourth-order valence-corrected chi connectivity index (χ4v) is 3.83. The van der Waals surface area contributed by atoms with Gasteiger partial charge in [-0.05, 0) is 30.4 Å². The van der Waals surface area contributed by atoms with Crippen LogP contribution < -0.4 is 21.9 Å². The lowest BCUT2D eigenvalue weighted by molar-refractivity contribution is -0.120. The van der Waals surface area contributed by atoms with Gasteiger partial charge in [0.2, 0.25) is 11.2 Å². The summed E-state index contributed by atoms with van der Waals surface area (Å²) in [4.78, 5) is 53.0. The minimum Gasteiger partial charge on any atom is -0.335 e. The van der Waals surface area contributed by atoms with Gasteiger partial charge in [-0.2, -0.15) is 4.98 Å². The topological polar surface area (TPSA) is 120 Å². The van der Waals surface area contributed by atoms with Gasteiger partial charge in [0.05, 0.1) is 0 Å². The first kappa shape index (κ1) is 20.1. The van der Waals surface area contributed by atoms with Crippen LogP contribution in [0.4, 0.5) is 4.79 Å². The second kappa shape index (κ2) is 7.78. The van der Waals surface area contributed by atoms with Crippen molar-refractivity contribution in [2.75, 3.05) is 0 Å². The van der Waals surface area contributed by atoms with Crippen molar-refractivity contribution in [3.05, 3.63) is 26.1 Å². The minimum absolute atomic E-state index is 0.0195. The van der Waals surface area contributed by atoms with Crippen molar-refractivity contribution in [3.63, 3.8) is 0 Å². The lowest BCUT2D eigenvalue weighted by atomic mass is 9.86. The number of aryl methyl sites for hydroxylation is 1. The van der Waals surface area contributed by atoms with E-state index < -0.39 is 23.2 Å². The largest absolute Gasteiger partial charge is 0.335 e. The highest BCUT2D eigenvalue weighted by atomic mass is 35.5. The number of hydrogen-bond acceptors (Lipinski definition) is 5. The van der Waals surface area contributed by atoms with Crippen molar-refractivity contribution >= 4 is 34.7 Å². The van der Waals surface area contributed by atoms with E-state index in [1.165, 1.54) is 23.2 Å². The molecule has 0 aromatic carbocycles. The Labute approximate surface area is 165 Å². The molecule has 1 saturated carbocycles. The van der Waals surface area contributed by atoms with Crippen LogP contribution in [0.5, 0.6) is 0 Å². The van der Waals surface area contributed by atoms with Gasteiger partial charge in [0.1, 0.15) is 6.54 Å². The molecule has 0 saturated heterocycles. The van der Waals surface area contributed by atoms with Crippen molar-refractivity contribution in [2.24, 2.45) is 20.0 Å². The van der Waals surface area contributed by atoms with E-state index in [1.807, 2.05) is 0 Å². The highest BCUT2D eigenvalue weighted by molar-refractivity contribution is 6.29. The van der Waals surface area contributed by atoms with Crippen molar-refractivity contribution in [2.45, 2.75) is 45.2 Å². The van der Waals surface area contributed by atoms with Crippen molar-refractivity contribution in [1.82, 2.24) is 29.3 Å². The van der Waals surface area contributed by atoms with Crippen molar-refractivity contribution in [3.8, 4) is 0 Å². The molecular formula is C17H23ClN6O4. The van der Waals surface area contributed by atoms with Gasteiger partial charge in [0.15, 0.2) is 11.2 Å². The molecular weight excluding hydrogens is 388 g/mol. The third-order valence-electron chi connectivity index (χ3n) is 5.28. The Morgan fingerprint density at radius 1 is 1.18 bits per heavy atom. The molecule has 152 valence electrons. The highest BCUT2D eigenvalue weighted by Gasteiger charge is 2.24. The van der Waals surface area contributed by atoms with Crippen LogP contribution in [-0.2, 0) is 25.4 Å². The fraction of sp³-hybridized carbons (Fsp3) is 0.588. The molecule has 3 rings (SSSR count). The molecule has 0 bridgehead atoms. The number of amides is 3. The standard InChI is InChI=1S/C17H23ClN6O4/c1-9-6-4-5-7-10(9)19-16(27)20-11(25)8-24-12-13(21-15(24)18)22(2)17(28)23(3)14(12)26/h9-10H,4-8H2,1-3H3,(H2,19,20,25,27)/t9-,10+/m1/s1. The Balaban J connectivity index is 1.78. The van der Waals surface area contributed by atoms with Gasteiger partial charge in [-0.1, -0.05) is 19.8 Å². The number of rotatable bonds is 3. The Kier molecular flexibility index (Phi) is 5.59. The van der Waals surface area contributed by atoms with Crippen LogP contribution in [0.3, 0.4) is 0 Å². The van der Waals surface area contributed by atoms with Gasteiger partial charge < -0.3 is 5.32 Å². The lowest BCUT2D eigenvalue weighted by Gasteiger charge is -2.29. The number of halogens is 1. The van der Waals surface area contributed by atoms with Crippen LogP contribution in [0, 0.1) is 5.92 Å². The molecule has 1 aliphatic carbocycles. The van der Waals surface area contributed by atoms with E-state index >= 15 is 0 Å². The SMILES string of the molecule is C[C@@H]1CCCC[C@@H]1NC(=O)NC(=O)Cn1c(Cl)nc2c1c(=O)n(C)c(=O)n2C. The quantitative estimate of drug-likeness (QED) is 0.713. The van der Waals surface area contributed by atoms with E-state index in [9.17, 15) is 19.2 Å². The molecule has 2 N–H and O–H groups in total. The van der Waals surface area contributed by atoms with E-state index in [2.05, 4.69) is 22.5 Å². The second-order valence-corrected chi connectivity index (χ2v) is 7.57. The van der Waals surface area contributed by atoms with Crippen LogP contribution in [0.15, 0.2) is 9.59 Å². The summed E-state index contributed by atoms with van der Waals surface area (Å²) < 4.78 is 3.27. The normalized spacial score (nSPS) is 19.6. The molecule has 10 nitrogen and oxygen atoms in total. The number of carbonyl (C=O) groups excluding carboxylic acids is 2. The van der Waals surface area contributed by atoms with E-state index in [-0.39, 0.29) is 29.0 Å². The van der Waals surface area contributed by atoms with Gasteiger partial charge in [-0.3, -0.25) is 28.6 Å². The Hall–Kier alpha value is -2.62. The molecule has 2 atom stereocenters. The van der Waals surface area contributed by atoms with E-state index in [0.717, 1.165) is 30.3 Å². The second-order valence-electron chi connectivity index (χ2n) is 7.23. The summed E-state index contributed by atoms with van der Waals surface area (Å²) >= 11 is 6.08. The van der Waals surface area contributed by atoms with Crippen LogP contribution >= 0.6 is 11.6 Å². The number of hydrogen-bond donors (Lipinski definition) is 2. The van der Waals surface area contributed by atoms with E-state index in [1.54, 1.807) is 0 Å². The summed E-state index contributed by atoms with van der Waals surface area (Å²) in [6.07, 6.45) is 4.10. The minimum atomic E-state index is -0.641. The average Bonchev–Trinajstić information content (AvgIpc) is 2.96. The Morgan fingerprint density at radius 2 is 1.86 bits per heavy atom. The molecule has 0 aliphatic heterocycles. The zero-order chi connectivity index (χ0) is 20.6. The molecule has 28 heavy (non-hydrogen) atoms. The summed E-state index contributed by atoms with van der Waals surface area (Å²) in [5, 5.41) is 4.97. The van der Waals surface area contributed by atoms with Crippen LogP contribution in [0.25, 0.3) is 11.2 Å². The van der Waals surface area contributed by atoms with Gasteiger partial charge in [-0.25, -0.2) is 9.59 Å². The summed E-state index contributed by atoms with van der Waals surface area (Å²) in [7, 11) is 2.78. The maximum absolute atomic E-state index is 12.5. The molecule has 2 aromatic heterocycles. The lowest BCUT2D eigenvalue weighted by Crippen LogP contribution is -2.48. The van der Waals surface area contributed by atoms with Gasteiger partial charge in [0, 0.05) is 20.1 Å². The van der Waals surface area contributed by atoms with Gasteiger partial charge >= 0.3 is 11.7 Å². The third kappa shape index (κ3) is 3.68. The maximum Gasteiger partial charge on any atom is 0.332 e. The Bertz CT molecular complexity index is 1050. The van der Waals surface area contributed by atoms with Crippen LogP contribution in [-0.4, -0.2) is 36.7 Å². The van der Waals surface area contributed by atoms with Gasteiger partial charge in [-0.15, -0.1) is 0 Å². The third-order valence-corrected chi connectivity index (χ3v) is 5.57. The summed E-state index contributed by atoms with van der Waals surface area (Å²) in [5.41, 5.74) is -1.08. The van der Waals surface area contributed by atoms with Gasteiger partial charge in [0.25, 0.3) is 5.56 Å². The zero-order valence-corrected chi connectivity index (χ0v) is 16.7. The number of carbonyl (C=O) groups is 2. The predicted octanol–water partition coefficient (Wildman–Crippen LogP) is 0.492. The molecule has 0 spiro atoms. The fourth-order valence-electron chi connectivity index (χ4n) is 3.61. The number of imidazole rings is 1. The first-order valence-electron chi connectivity index (χ1n) is 9.12. The molecule has 2 aromatic rings.